The van der Waals surface area contributed by atoms with Gasteiger partial charge < -0.3 is 25.0 Å². The van der Waals surface area contributed by atoms with E-state index in [-0.39, 0.29) is 18.4 Å². The van der Waals surface area contributed by atoms with Gasteiger partial charge in [0.25, 0.3) is 0 Å². The van der Waals surface area contributed by atoms with E-state index in [0.717, 1.165) is 80.0 Å². The maximum Gasteiger partial charge on any atom is 0.407 e. The van der Waals surface area contributed by atoms with Gasteiger partial charge in [0.05, 0.1) is 35.2 Å². The van der Waals surface area contributed by atoms with E-state index in [4.69, 9.17) is 9.47 Å². The van der Waals surface area contributed by atoms with Gasteiger partial charge in [0, 0.05) is 61.0 Å². The number of pyridine rings is 3. The van der Waals surface area contributed by atoms with Crippen LogP contribution in [0.25, 0.3) is 11.3 Å². The minimum Gasteiger partial charge on any atom is -0.444 e. The topological polar surface area (TPSA) is 125 Å². The van der Waals surface area contributed by atoms with Crippen molar-refractivity contribution in [3.05, 3.63) is 66.4 Å². The molecule has 1 unspecified atom stereocenters. The van der Waals surface area contributed by atoms with Gasteiger partial charge >= 0.3 is 6.09 Å². The van der Waals surface area contributed by atoms with Crippen molar-refractivity contribution < 1.29 is 14.3 Å². The molecule has 1 amide bonds. The quantitative estimate of drug-likeness (QED) is 0.330. The third-order valence-electron chi connectivity index (χ3n) is 7.22. The van der Waals surface area contributed by atoms with Crippen molar-refractivity contribution in [3.63, 3.8) is 0 Å². The molecule has 2 aliphatic heterocycles. The number of piperidine rings is 1. The van der Waals surface area contributed by atoms with Crippen LogP contribution in [-0.4, -0.2) is 64.3 Å². The van der Waals surface area contributed by atoms with Crippen molar-refractivity contribution in [1.82, 2.24) is 20.3 Å². The Labute approximate surface area is 241 Å². The molecule has 2 saturated heterocycles. The molecule has 5 rings (SSSR count). The smallest absolute Gasteiger partial charge is 0.407 e. The predicted molar refractivity (Wildman–Crippen MR) is 159 cm³/mol. The molecule has 0 aliphatic carbocycles. The molecule has 0 bridgehead atoms. The van der Waals surface area contributed by atoms with Crippen LogP contribution in [0.2, 0.25) is 0 Å². The molecule has 5 heterocycles. The summed E-state index contributed by atoms with van der Waals surface area (Å²) in [5.41, 5.74) is 4.62. The first kappa shape index (κ1) is 28.5. The maximum absolute atomic E-state index is 12.2. The second-order valence-electron chi connectivity index (χ2n) is 11.6. The first-order valence-corrected chi connectivity index (χ1v) is 14.3. The van der Waals surface area contributed by atoms with Gasteiger partial charge in [-0.1, -0.05) is 0 Å². The molecule has 10 heteroatoms. The van der Waals surface area contributed by atoms with E-state index in [2.05, 4.69) is 30.5 Å². The summed E-state index contributed by atoms with van der Waals surface area (Å²) < 4.78 is 11.3. The van der Waals surface area contributed by atoms with Gasteiger partial charge in [-0.2, -0.15) is 0 Å². The van der Waals surface area contributed by atoms with Crippen LogP contribution in [-0.2, 0) is 9.47 Å². The summed E-state index contributed by atoms with van der Waals surface area (Å²) in [5.74, 6) is 0. The average molecular weight is 558 g/mol. The number of amides is 1. The van der Waals surface area contributed by atoms with E-state index in [0.29, 0.717) is 11.3 Å². The highest BCUT2D eigenvalue weighted by molar-refractivity contribution is 6.14. The van der Waals surface area contributed by atoms with Gasteiger partial charge in [0.2, 0.25) is 0 Å². The fourth-order valence-corrected chi connectivity index (χ4v) is 5.13. The lowest BCUT2D eigenvalue weighted by Gasteiger charge is -2.34. The van der Waals surface area contributed by atoms with E-state index in [9.17, 15) is 10.2 Å². The Kier molecular flexibility index (Phi) is 8.78. The van der Waals surface area contributed by atoms with E-state index in [1.807, 2.05) is 51.2 Å². The van der Waals surface area contributed by atoms with E-state index in [1.54, 1.807) is 24.8 Å². The van der Waals surface area contributed by atoms with Crippen molar-refractivity contribution in [1.29, 1.82) is 5.41 Å². The molecule has 10 nitrogen and oxygen atoms in total. The van der Waals surface area contributed by atoms with Crippen molar-refractivity contribution in [2.75, 3.05) is 29.9 Å². The first-order chi connectivity index (χ1) is 19.7. The Balaban J connectivity index is 1.33. The fraction of sp³-hybridized carbons (Fsp3) is 0.452. The summed E-state index contributed by atoms with van der Waals surface area (Å²) in [6, 6.07) is 7.86. The molecule has 0 aromatic carbocycles. The number of nitrogens with one attached hydrogen (secondary N) is 3. The molecule has 3 aromatic heterocycles. The van der Waals surface area contributed by atoms with Crippen molar-refractivity contribution >= 4 is 23.2 Å². The van der Waals surface area contributed by atoms with Crippen LogP contribution in [0, 0.1) is 5.41 Å². The second-order valence-corrected chi connectivity index (χ2v) is 11.6. The lowest BCUT2D eigenvalue weighted by molar-refractivity contribution is 0.0343. The number of rotatable bonds is 7. The lowest BCUT2D eigenvalue weighted by atomic mass is 9.99. The number of ether oxygens (including phenoxy) is 2. The van der Waals surface area contributed by atoms with Crippen LogP contribution in [0.3, 0.4) is 0 Å². The standard InChI is InChI=1S/C31H39N7O3/c1-31(2,3)41-30(39)36-23-9-12-38(13-10-23)24-15-22(18-34-19-24)29(32)25-16-26(21-7-6-11-33-17-21)35-20-27(25)37-28-8-4-5-14-40-28/h6-7,11,15-20,23,28,32,37H,4-5,8-10,12-14H2,1-3H3,(H,36,39). The van der Waals surface area contributed by atoms with E-state index in [1.165, 1.54) is 0 Å². The third-order valence-corrected chi connectivity index (χ3v) is 7.22. The van der Waals surface area contributed by atoms with Crippen molar-refractivity contribution in [2.45, 2.75) is 70.7 Å². The molecule has 41 heavy (non-hydrogen) atoms. The number of hydrogen-bond acceptors (Lipinski definition) is 9. The van der Waals surface area contributed by atoms with Gasteiger partial charge in [0.15, 0.2) is 0 Å². The van der Waals surface area contributed by atoms with E-state index >= 15 is 0 Å². The largest absolute Gasteiger partial charge is 0.444 e. The Morgan fingerprint density at radius 2 is 1.90 bits per heavy atom. The number of anilines is 2. The van der Waals surface area contributed by atoms with Gasteiger partial charge in [-0.15, -0.1) is 0 Å². The Morgan fingerprint density at radius 1 is 1.07 bits per heavy atom. The molecule has 1 atom stereocenters. The fourth-order valence-electron chi connectivity index (χ4n) is 5.13. The number of hydrogen-bond donors (Lipinski definition) is 3. The molecule has 0 radical (unpaired) electrons. The molecule has 0 saturated carbocycles. The number of nitrogens with zero attached hydrogens (tertiary/aromatic N) is 4. The molecular formula is C31H39N7O3. The SMILES string of the molecule is CC(C)(C)OC(=O)NC1CCN(c2cncc(C(=N)c3cc(-c4cccnc4)ncc3NC3CCCCO3)c2)CC1. The third kappa shape index (κ3) is 7.58. The van der Waals surface area contributed by atoms with Gasteiger partial charge in [-0.05, 0) is 77.1 Å². The summed E-state index contributed by atoms with van der Waals surface area (Å²) in [6.07, 6.45) is 13.0. The predicted octanol–water partition coefficient (Wildman–Crippen LogP) is 5.39. The summed E-state index contributed by atoms with van der Waals surface area (Å²) in [6.45, 7) is 7.85. The van der Waals surface area contributed by atoms with Crippen molar-refractivity contribution in [3.8, 4) is 11.3 Å². The minimum absolute atomic E-state index is 0.0638. The monoisotopic (exact) mass is 557 g/mol. The average Bonchev–Trinajstić information content (AvgIpc) is 2.97. The molecule has 2 fully saturated rings. The highest BCUT2D eigenvalue weighted by atomic mass is 16.6. The highest BCUT2D eigenvalue weighted by Crippen LogP contribution is 2.28. The maximum atomic E-state index is 12.2. The molecule has 216 valence electrons. The van der Waals surface area contributed by atoms with Crippen LogP contribution in [0.4, 0.5) is 16.2 Å². The number of alkyl carbamates (subject to hydrolysis) is 1. The normalized spacial score (nSPS) is 18.0. The lowest BCUT2D eigenvalue weighted by Crippen LogP contribution is -2.46. The molecule has 3 aromatic rings. The van der Waals surface area contributed by atoms with Crippen LogP contribution in [0.1, 0.15) is 64.0 Å². The number of aromatic nitrogens is 3. The first-order valence-electron chi connectivity index (χ1n) is 14.3. The zero-order chi connectivity index (χ0) is 28.8. The van der Waals surface area contributed by atoms with E-state index < -0.39 is 5.60 Å². The zero-order valence-corrected chi connectivity index (χ0v) is 24.0. The van der Waals surface area contributed by atoms with Crippen LogP contribution < -0.4 is 15.5 Å². The molecule has 0 spiro atoms. The summed E-state index contributed by atoms with van der Waals surface area (Å²) in [4.78, 5) is 27.9. The summed E-state index contributed by atoms with van der Waals surface area (Å²) >= 11 is 0. The zero-order valence-electron chi connectivity index (χ0n) is 24.0. The van der Waals surface area contributed by atoms with Gasteiger partial charge in [0.1, 0.15) is 11.8 Å². The minimum atomic E-state index is -0.520. The Bertz CT molecular complexity index is 1350. The number of carbonyl (C=O) groups excluding carboxylic acids is 1. The number of carbonyl (C=O) groups is 1. The molecular weight excluding hydrogens is 518 g/mol. The Morgan fingerprint density at radius 3 is 2.61 bits per heavy atom. The molecule has 3 N–H and O–H groups in total. The van der Waals surface area contributed by atoms with Crippen molar-refractivity contribution in [2.24, 2.45) is 0 Å². The summed E-state index contributed by atoms with van der Waals surface area (Å²) in [5, 5.41) is 15.7. The van der Waals surface area contributed by atoms with Gasteiger partial charge in [-0.25, -0.2) is 4.79 Å². The van der Waals surface area contributed by atoms with Crippen LogP contribution in [0.5, 0.6) is 0 Å². The van der Waals surface area contributed by atoms with Crippen LogP contribution >= 0.6 is 0 Å². The highest BCUT2D eigenvalue weighted by Gasteiger charge is 2.25. The molecule has 2 aliphatic rings. The Hall–Kier alpha value is -4.05. The summed E-state index contributed by atoms with van der Waals surface area (Å²) in [7, 11) is 0. The van der Waals surface area contributed by atoms with Gasteiger partial charge in [-0.3, -0.25) is 20.4 Å². The van der Waals surface area contributed by atoms with Crippen LogP contribution in [0.15, 0.2) is 55.2 Å². The second kappa shape index (κ2) is 12.6.